The molecule has 12 heteroatoms. The van der Waals surface area contributed by atoms with Crippen molar-refractivity contribution in [1.29, 1.82) is 0 Å². The van der Waals surface area contributed by atoms with Crippen molar-refractivity contribution in [1.82, 2.24) is 5.43 Å². The molecule has 0 saturated heterocycles. The van der Waals surface area contributed by atoms with Crippen LogP contribution in [0.2, 0.25) is 0 Å². The zero-order valence-corrected chi connectivity index (χ0v) is 18.3. The molecule has 0 atom stereocenters. The summed E-state index contributed by atoms with van der Waals surface area (Å²) in [7, 11) is 2.89. The summed E-state index contributed by atoms with van der Waals surface area (Å²) < 4.78 is 54.6. The second kappa shape index (κ2) is 10.5. The van der Waals surface area contributed by atoms with E-state index >= 15 is 0 Å². The summed E-state index contributed by atoms with van der Waals surface area (Å²) in [5.41, 5.74) is 0.837. The highest BCUT2D eigenvalue weighted by Crippen LogP contribution is 2.38. The summed E-state index contributed by atoms with van der Waals surface area (Å²) in [6.45, 7) is 0. The second-order valence-electron chi connectivity index (χ2n) is 6.85. The Bertz CT molecular complexity index is 1280. The molecule has 0 fully saturated rings. The topological polar surface area (TPSA) is 112 Å². The molecule has 35 heavy (non-hydrogen) atoms. The van der Waals surface area contributed by atoms with Crippen molar-refractivity contribution >= 4 is 17.8 Å². The van der Waals surface area contributed by atoms with Gasteiger partial charge in [0.25, 0.3) is 5.91 Å². The summed E-state index contributed by atoms with van der Waals surface area (Å²) in [6, 6.07) is 12.6. The zero-order valence-electron chi connectivity index (χ0n) is 18.3. The van der Waals surface area contributed by atoms with Gasteiger partial charge in [-0.15, -0.1) is 0 Å². The van der Waals surface area contributed by atoms with Crippen LogP contribution < -0.4 is 19.6 Å². The Morgan fingerprint density at radius 3 is 2.31 bits per heavy atom. The van der Waals surface area contributed by atoms with Crippen molar-refractivity contribution in [2.75, 3.05) is 14.2 Å². The van der Waals surface area contributed by atoms with Crippen LogP contribution in [0.4, 0.5) is 18.9 Å². The number of rotatable bonds is 8. The fourth-order valence-corrected chi connectivity index (χ4v) is 2.92. The fourth-order valence-electron chi connectivity index (χ4n) is 2.92. The van der Waals surface area contributed by atoms with Crippen molar-refractivity contribution < 1.29 is 37.1 Å². The zero-order chi connectivity index (χ0) is 25.6. The predicted molar refractivity (Wildman–Crippen MR) is 119 cm³/mol. The molecule has 0 bridgehead atoms. The second-order valence-corrected chi connectivity index (χ2v) is 6.85. The number of benzene rings is 3. The lowest BCUT2D eigenvalue weighted by molar-refractivity contribution is -0.385. The predicted octanol–water partition coefficient (Wildman–Crippen LogP) is 5.19. The van der Waals surface area contributed by atoms with Crippen molar-refractivity contribution in [3.63, 3.8) is 0 Å². The molecule has 182 valence electrons. The molecule has 3 aromatic rings. The van der Waals surface area contributed by atoms with Gasteiger partial charge in [-0.2, -0.15) is 18.3 Å². The number of methoxy groups -OCH3 is 2. The summed E-state index contributed by atoms with van der Waals surface area (Å²) in [5, 5.41) is 15.2. The Kier molecular flexibility index (Phi) is 7.54. The van der Waals surface area contributed by atoms with E-state index in [1.54, 1.807) is 18.2 Å². The lowest BCUT2D eigenvalue weighted by Crippen LogP contribution is -2.17. The smallest absolute Gasteiger partial charge is 0.416 e. The first-order valence-corrected chi connectivity index (χ1v) is 9.82. The van der Waals surface area contributed by atoms with Gasteiger partial charge < -0.3 is 14.2 Å². The van der Waals surface area contributed by atoms with Crippen LogP contribution in [0, 0.1) is 10.1 Å². The molecule has 0 radical (unpaired) electrons. The van der Waals surface area contributed by atoms with E-state index in [4.69, 9.17) is 14.2 Å². The quantitative estimate of drug-likeness (QED) is 0.265. The summed E-state index contributed by atoms with van der Waals surface area (Å²) >= 11 is 0. The van der Waals surface area contributed by atoms with Crippen LogP contribution in [-0.2, 0) is 6.18 Å². The number of amides is 1. The van der Waals surface area contributed by atoms with Gasteiger partial charge in [0.15, 0.2) is 11.5 Å². The highest BCUT2D eigenvalue weighted by Gasteiger charge is 2.33. The van der Waals surface area contributed by atoms with Crippen LogP contribution in [0.3, 0.4) is 0 Å². The normalized spacial score (nSPS) is 11.2. The van der Waals surface area contributed by atoms with Crippen molar-refractivity contribution in [2.24, 2.45) is 5.10 Å². The highest BCUT2D eigenvalue weighted by atomic mass is 19.4. The van der Waals surface area contributed by atoms with Gasteiger partial charge in [-0.25, -0.2) is 5.43 Å². The Labute approximate surface area is 196 Å². The van der Waals surface area contributed by atoms with Crippen molar-refractivity contribution in [2.45, 2.75) is 6.18 Å². The minimum absolute atomic E-state index is 0.0690. The summed E-state index contributed by atoms with van der Waals surface area (Å²) in [6.07, 6.45) is -3.52. The van der Waals surface area contributed by atoms with Gasteiger partial charge in [0.05, 0.1) is 30.9 Å². The third kappa shape index (κ3) is 6.05. The first-order valence-electron chi connectivity index (χ1n) is 9.82. The molecule has 0 saturated carbocycles. The molecule has 9 nitrogen and oxygen atoms in total. The molecule has 3 rings (SSSR count). The molecule has 0 aromatic heterocycles. The molecule has 0 heterocycles. The number of hydrogen-bond acceptors (Lipinski definition) is 7. The van der Waals surface area contributed by atoms with Gasteiger partial charge in [-0.1, -0.05) is 12.1 Å². The number of hydrogen-bond donors (Lipinski definition) is 1. The maximum Gasteiger partial charge on any atom is 0.416 e. The SMILES string of the molecule is COc1ccc(C(=O)N/N=C/c2ccccc2Oc2ccc(C(F)(F)F)cc2[N+](=O)[O-])cc1OC. The van der Waals surface area contributed by atoms with E-state index in [1.165, 1.54) is 44.7 Å². The van der Waals surface area contributed by atoms with Crippen LogP contribution in [0.5, 0.6) is 23.0 Å². The highest BCUT2D eigenvalue weighted by molar-refractivity contribution is 5.95. The minimum atomic E-state index is -4.75. The molecule has 3 aromatic carbocycles. The van der Waals surface area contributed by atoms with Gasteiger partial charge in [-0.3, -0.25) is 14.9 Å². The van der Waals surface area contributed by atoms with Gasteiger partial charge in [0, 0.05) is 17.2 Å². The van der Waals surface area contributed by atoms with Crippen molar-refractivity contribution in [3.8, 4) is 23.0 Å². The Hall–Kier alpha value is -4.61. The van der Waals surface area contributed by atoms with E-state index in [0.29, 0.717) is 29.2 Å². The van der Waals surface area contributed by atoms with Crippen LogP contribution in [0.1, 0.15) is 21.5 Å². The summed E-state index contributed by atoms with van der Waals surface area (Å²) in [5.74, 6) is -0.0892. The molecule has 1 amide bonds. The minimum Gasteiger partial charge on any atom is -0.493 e. The van der Waals surface area contributed by atoms with E-state index < -0.39 is 34.0 Å². The Morgan fingerprint density at radius 1 is 0.971 bits per heavy atom. The van der Waals surface area contributed by atoms with Crippen LogP contribution in [-0.4, -0.2) is 31.3 Å². The van der Waals surface area contributed by atoms with E-state index in [-0.39, 0.29) is 11.3 Å². The van der Waals surface area contributed by atoms with E-state index in [9.17, 15) is 28.1 Å². The number of para-hydroxylation sites is 1. The van der Waals surface area contributed by atoms with E-state index in [1.807, 2.05) is 0 Å². The number of carbonyl (C=O) groups is 1. The molecule has 0 spiro atoms. The number of nitro benzene ring substituents is 1. The molecular formula is C23H18F3N3O6. The third-order valence-corrected chi connectivity index (χ3v) is 4.64. The lowest BCUT2D eigenvalue weighted by atomic mass is 10.1. The fraction of sp³-hybridized carbons (Fsp3) is 0.130. The van der Waals surface area contributed by atoms with Crippen LogP contribution in [0.25, 0.3) is 0 Å². The van der Waals surface area contributed by atoms with Gasteiger partial charge >= 0.3 is 11.9 Å². The molecule has 0 aliphatic rings. The number of hydrazone groups is 1. The summed E-state index contributed by atoms with van der Waals surface area (Å²) in [4.78, 5) is 22.7. The maximum atomic E-state index is 12.9. The lowest BCUT2D eigenvalue weighted by Gasteiger charge is -2.11. The average molecular weight is 489 g/mol. The number of alkyl halides is 3. The largest absolute Gasteiger partial charge is 0.493 e. The Balaban J connectivity index is 1.80. The number of carbonyl (C=O) groups excluding carboxylic acids is 1. The van der Waals surface area contributed by atoms with Gasteiger partial charge in [-0.05, 0) is 42.5 Å². The van der Waals surface area contributed by atoms with Crippen LogP contribution >= 0.6 is 0 Å². The molecule has 0 aliphatic carbocycles. The van der Waals surface area contributed by atoms with Gasteiger partial charge in [0.1, 0.15) is 5.75 Å². The van der Waals surface area contributed by atoms with Crippen LogP contribution in [0.15, 0.2) is 65.8 Å². The maximum absolute atomic E-state index is 12.9. The number of nitrogens with zero attached hydrogens (tertiary/aromatic N) is 2. The van der Waals surface area contributed by atoms with E-state index in [2.05, 4.69) is 10.5 Å². The van der Waals surface area contributed by atoms with Gasteiger partial charge in [0.2, 0.25) is 5.75 Å². The Morgan fingerprint density at radius 2 is 1.66 bits per heavy atom. The molecule has 0 unspecified atom stereocenters. The third-order valence-electron chi connectivity index (χ3n) is 4.64. The molecule has 1 N–H and O–H groups in total. The standard InChI is InChI=1S/C23H18F3N3O6/c1-33-20-9-7-14(11-21(20)34-2)22(30)28-27-13-15-5-3-4-6-18(15)35-19-10-8-16(23(24,25)26)12-17(19)29(31)32/h3-13H,1-2H3,(H,28,30)/b27-13+. The number of ether oxygens (including phenoxy) is 3. The average Bonchev–Trinajstić information content (AvgIpc) is 2.83. The van der Waals surface area contributed by atoms with Crippen molar-refractivity contribution in [3.05, 3.63) is 87.5 Å². The first-order chi connectivity index (χ1) is 16.6. The number of nitro groups is 1. The van der Waals surface area contributed by atoms with E-state index in [0.717, 1.165) is 6.07 Å². The number of nitrogens with one attached hydrogen (secondary N) is 1. The molecular weight excluding hydrogens is 471 g/mol. The molecule has 0 aliphatic heterocycles. The number of halogens is 3. The first kappa shape index (κ1) is 25.0. The monoisotopic (exact) mass is 489 g/mol.